The van der Waals surface area contributed by atoms with Gasteiger partial charge in [0, 0.05) is 24.7 Å². The molecule has 1 aromatic carbocycles. The maximum absolute atomic E-state index is 12.5. The first-order valence-electron chi connectivity index (χ1n) is 7.83. The number of rotatable bonds is 6. The van der Waals surface area contributed by atoms with Crippen LogP contribution in [0.5, 0.6) is 0 Å². The molecule has 1 saturated carbocycles. The summed E-state index contributed by atoms with van der Waals surface area (Å²) in [7, 11) is 1.51. The lowest BCUT2D eigenvalue weighted by atomic mass is 10.1. The van der Waals surface area contributed by atoms with Crippen LogP contribution >= 0.6 is 0 Å². The summed E-state index contributed by atoms with van der Waals surface area (Å²) in [5.74, 6) is -1.19. The quantitative estimate of drug-likeness (QED) is 0.491. The Morgan fingerprint density at radius 3 is 2.56 bits per heavy atom. The molecule has 130 valence electrons. The van der Waals surface area contributed by atoms with E-state index in [1.165, 1.54) is 17.8 Å². The lowest BCUT2D eigenvalue weighted by Crippen LogP contribution is -2.33. The van der Waals surface area contributed by atoms with Crippen molar-refractivity contribution < 1.29 is 19.2 Å². The van der Waals surface area contributed by atoms with Crippen molar-refractivity contribution in [2.24, 2.45) is 7.05 Å². The summed E-state index contributed by atoms with van der Waals surface area (Å²) in [6.45, 7) is 0. The van der Waals surface area contributed by atoms with E-state index in [2.05, 4.69) is 5.32 Å². The van der Waals surface area contributed by atoms with Crippen LogP contribution in [0, 0.1) is 10.1 Å². The summed E-state index contributed by atoms with van der Waals surface area (Å²) in [5.41, 5.74) is 0.331. The SMILES string of the molecule is Cn1cc([N+](=O)[O-])cc1C(=O)OC(C(=O)NC1CC1)c1ccccc1. The highest BCUT2D eigenvalue weighted by Gasteiger charge is 2.32. The molecule has 0 radical (unpaired) electrons. The number of amides is 1. The van der Waals surface area contributed by atoms with E-state index in [-0.39, 0.29) is 17.4 Å². The number of nitro groups is 1. The molecule has 2 aromatic rings. The van der Waals surface area contributed by atoms with Crippen LogP contribution in [0.25, 0.3) is 0 Å². The zero-order chi connectivity index (χ0) is 18.0. The molecule has 0 bridgehead atoms. The Morgan fingerprint density at radius 1 is 1.32 bits per heavy atom. The van der Waals surface area contributed by atoms with Crippen molar-refractivity contribution in [2.45, 2.75) is 25.0 Å². The first-order chi connectivity index (χ1) is 12.0. The van der Waals surface area contributed by atoms with Gasteiger partial charge in [0.05, 0.1) is 11.1 Å². The fraction of sp³-hybridized carbons (Fsp3) is 0.294. The number of carbonyl (C=O) groups is 2. The molecule has 1 fully saturated rings. The number of nitrogens with zero attached hydrogens (tertiary/aromatic N) is 2. The highest BCUT2D eigenvalue weighted by atomic mass is 16.6. The van der Waals surface area contributed by atoms with Crippen molar-refractivity contribution in [1.29, 1.82) is 0 Å². The lowest BCUT2D eigenvalue weighted by molar-refractivity contribution is -0.384. The number of aromatic nitrogens is 1. The Morgan fingerprint density at radius 2 is 2.00 bits per heavy atom. The first kappa shape index (κ1) is 16.7. The van der Waals surface area contributed by atoms with Gasteiger partial charge in [0.15, 0.2) is 0 Å². The van der Waals surface area contributed by atoms with Crippen LogP contribution in [-0.2, 0) is 16.6 Å². The van der Waals surface area contributed by atoms with Crippen LogP contribution < -0.4 is 5.32 Å². The molecule has 1 heterocycles. The molecule has 0 saturated heterocycles. The fourth-order valence-corrected chi connectivity index (χ4v) is 2.42. The Bertz CT molecular complexity index is 811. The molecule has 1 aliphatic rings. The molecule has 1 aliphatic carbocycles. The van der Waals surface area contributed by atoms with Crippen molar-refractivity contribution >= 4 is 17.6 Å². The van der Waals surface area contributed by atoms with Crippen LogP contribution in [0.3, 0.4) is 0 Å². The van der Waals surface area contributed by atoms with Crippen molar-refractivity contribution in [3.8, 4) is 0 Å². The fourth-order valence-electron chi connectivity index (χ4n) is 2.42. The number of nitrogens with one attached hydrogen (secondary N) is 1. The van der Waals surface area contributed by atoms with E-state index in [1.54, 1.807) is 30.3 Å². The van der Waals surface area contributed by atoms with Gasteiger partial charge in [-0.3, -0.25) is 14.9 Å². The van der Waals surface area contributed by atoms with E-state index >= 15 is 0 Å². The molecule has 3 rings (SSSR count). The predicted molar refractivity (Wildman–Crippen MR) is 87.8 cm³/mol. The number of hydrogen-bond donors (Lipinski definition) is 1. The molecule has 25 heavy (non-hydrogen) atoms. The Kier molecular flexibility index (Phi) is 4.51. The summed E-state index contributed by atoms with van der Waals surface area (Å²) in [5, 5.41) is 13.7. The first-order valence-corrected chi connectivity index (χ1v) is 7.83. The van der Waals surface area contributed by atoms with Crippen LogP contribution in [0.1, 0.15) is 35.0 Å². The number of benzene rings is 1. The molecular weight excluding hydrogens is 326 g/mol. The van der Waals surface area contributed by atoms with E-state index in [0.717, 1.165) is 18.9 Å². The number of ether oxygens (including phenoxy) is 1. The monoisotopic (exact) mass is 343 g/mol. The largest absolute Gasteiger partial charge is 0.443 e. The van der Waals surface area contributed by atoms with E-state index in [9.17, 15) is 19.7 Å². The summed E-state index contributed by atoms with van der Waals surface area (Å²) in [6, 6.07) is 9.91. The van der Waals surface area contributed by atoms with Gasteiger partial charge in [-0.2, -0.15) is 0 Å². The molecule has 8 heteroatoms. The van der Waals surface area contributed by atoms with E-state index in [1.807, 2.05) is 0 Å². The Hall–Kier alpha value is -3.16. The third kappa shape index (κ3) is 3.85. The minimum Gasteiger partial charge on any atom is -0.443 e. The third-order valence-corrected chi connectivity index (χ3v) is 3.90. The summed E-state index contributed by atoms with van der Waals surface area (Å²) < 4.78 is 6.70. The maximum atomic E-state index is 12.5. The molecular formula is C17H17N3O5. The van der Waals surface area contributed by atoms with Gasteiger partial charge in [-0.15, -0.1) is 0 Å². The second kappa shape index (κ2) is 6.76. The predicted octanol–water partition coefficient (Wildman–Crippen LogP) is 2.11. The maximum Gasteiger partial charge on any atom is 0.356 e. The number of esters is 1. The molecule has 1 aromatic heterocycles. The zero-order valence-electron chi connectivity index (χ0n) is 13.5. The summed E-state index contributed by atoms with van der Waals surface area (Å²) in [6.07, 6.45) is 1.93. The minimum absolute atomic E-state index is 0.00635. The summed E-state index contributed by atoms with van der Waals surface area (Å²) >= 11 is 0. The normalized spacial score (nSPS) is 14.6. The second-order valence-electron chi connectivity index (χ2n) is 5.93. The van der Waals surface area contributed by atoms with E-state index in [4.69, 9.17) is 4.74 Å². The molecule has 0 aliphatic heterocycles. The van der Waals surface area contributed by atoms with Crippen molar-refractivity contribution in [3.05, 3.63) is 64.0 Å². The van der Waals surface area contributed by atoms with Gasteiger partial charge in [0.1, 0.15) is 5.69 Å². The smallest absolute Gasteiger partial charge is 0.356 e. The van der Waals surface area contributed by atoms with Crippen LogP contribution in [-0.4, -0.2) is 27.4 Å². The van der Waals surface area contributed by atoms with Gasteiger partial charge < -0.3 is 14.6 Å². The number of hydrogen-bond acceptors (Lipinski definition) is 5. The standard InChI is InChI=1S/C17H17N3O5/c1-19-10-13(20(23)24)9-14(19)17(22)25-15(11-5-3-2-4-6-11)16(21)18-12-7-8-12/h2-6,9-10,12,15H,7-8H2,1H3,(H,18,21). The van der Waals surface area contributed by atoms with Crippen molar-refractivity contribution in [1.82, 2.24) is 9.88 Å². The highest BCUT2D eigenvalue weighted by Crippen LogP contribution is 2.25. The van der Waals surface area contributed by atoms with E-state index in [0.29, 0.717) is 5.56 Å². The van der Waals surface area contributed by atoms with E-state index < -0.39 is 22.9 Å². The Balaban J connectivity index is 1.82. The third-order valence-electron chi connectivity index (χ3n) is 3.90. The molecule has 0 spiro atoms. The molecule has 1 amide bonds. The highest BCUT2D eigenvalue weighted by molar-refractivity contribution is 5.92. The van der Waals surface area contributed by atoms with Crippen LogP contribution in [0.15, 0.2) is 42.6 Å². The zero-order valence-corrected chi connectivity index (χ0v) is 13.5. The molecule has 1 N–H and O–H groups in total. The van der Waals surface area contributed by atoms with Gasteiger partial charge >= 0.3 is 5.97 Å². The van der Waals surface area contributed by atoms with Gasteiger partial charge in [0.25, 0.3) is 11.6 Å². The average Bonchev–Trinajstić information content (AvgIpc) is 3.31. The average molecular weight is 343 g/mol. The van der Waals surface area contributed by atoms with Gasteiger partial charge in [-0.05, 0) is 12.8 Å². The van der Waals surface area contributed by atoms with Gasteiger partial charge in [-0.1, -0.05) is 30.3 Å². The molecule has 8 nitrogen and oxygen atoms in total. The minimum atomic E-state index is -1.11. The Labute approximate surface area is 143 Å². The van der Waals surface area contributed by atoms with Crippen molar-refractivity contribution in [2.75, 3.05) is 0 Å². The summed E-state index contributed by atoms with van der Waals surface area (Å²) in [4.78, 5) is 35.2. The molecule has 1 atom stereocenters. The van der Waals surface area contributed by atoms with Crippen molar-refractivity contribution in [3.63, 3.8) is 0 Å². The molecule has 1 unspecified atom stereocenters. The second-order valence-corrected chi connectivity index (χ2v) is 5.93. The topological polar surface area (TPSA) is 103 Å². The van der Waals surface area contributed by atoms with Crippen LogP contribution in [0.2, 0.25) is 0 Å². The number of carbonyl (C=O) groups excluding carboxylic acids is 2. The number of aryl methyl sites for hydroxylation is 1. The van der Waals surface area contributed by atoms with Crippen LogP contribution in [0.4, 0.5) is 5.69 Å². The van der Waals surface area contributed by atoms with Gasteiger partial charge in [0.2, 0.25) is 6.10 Å². The van der Waals surface area contributed by atoms with Gasteiger partial charge in [-0.25, -0.2) is 4.79 Å². The lowest BCUT2D eigenvalue weighted by Gasteiger charge is -2.18.